The number of hydrogen-bond donors (Lipinski definition) is 1. The summed E-state index contributed by atoms with van der Waals surface area (Å²) in [6.07, 6.45) is -0.00612. The molecule has 1 heterocycles. The second-order valence-corrected chi connectivity index (χ2v) is 4.98. The van der Waals surface area contributed by atoms with Gasteiger partial charge in [-0.1, -0.05) is 0 Å². The first kappa shape index (κ1) is 14.9. The molecule has 0 aliphatic rings. The van der Waals surface area contributed by atoms with Crippen LogP contribution in [0.25, 0.3) is 10.9 Å². The summed E-state index contributed by atoms with van der Waals surface area (Å²) in [6.45, 7) is 4.96. The SMILES string of the molecule is CC(=O)Oc1c(O)c2ccc(OC(C)C)cc2n(C)c1=O. The van der Waals surface area contributed by atoms with E-state index in [1.165, 1.54) is 18.5 Å². The maximum atomic E-state index is 12.2. The molecule has 21 heavy (non-hydrogen) atoms. The Morgan fingerprint density at radius 2 is 2.00 bits per heavy atom. The van der Waals surface area contributed by atoms with E-state index in [2.05, 4.69) is 0 Å². The zero-order chi connectivity index (χ0) is 15.7. The third-order valence-corrected chi connectivity index (χ3v) is 2.92. The number of aryl methyl sites for hydroxylation is 1. The van der Waals surface area contributed by atoms with Gasteiger partial charge in [-0.25, -0.2) is 0 Å². The van der Waals surface area contributed by atoms with Crippen LogP contribution in [0, 0.1) is 0 Å². The molecule has 0 radical (unpaired) electrons. The first-order valence-corrected chi connectivity index (χ1v) is 6.52. The molecule has 0 saturated carbocycles. The molecular weight excluding hydrogens is 274 g/mol. The Bertz CT molecular complexity index is 761. The fourth-order valence-corrected chi connectivity index (χ4v) is 2.06. The molecule has 0 spiro atoms. The van der Waals surface area contributed by atoms with E-state index in [1.54, 1.807) is 18.2 Å². The summed E-state index contributed by atoms with van der Waals surface area (Å²) < 4.78 is 11.7. The Hall–Kier alpha value is -2.50. The van der Waals surface area contributed by atoms with Crippen LogP contribution < -0.4 is 15.0 Å². The third-order valence-electron chi connectivity index (χ3n) is 2.92. The molecule has 1 aromatic heterocycles. The number of aromatic nitrogens is 1. The summed E-state index contributed by atoms with van der Waals surface area (Å²) in [5, 5.41) is 10.6. The average Bonchev–Trinajstić information content (AvgIpc) is 2.40. The van der Waals surface area contributed by atoms with E-state index in [0.717, 1.165) is 0 Å². The van der Waals surface area contributed by atoms with Gasteiger partial charge in [-0.05, 0) is 26.0 Å². The molecule has 112 valence electrons. The Balaban J connectivity index is 2.69. The lowest BCUT2D eigenvalue weighted by Crippen LogP contribution is -2.21. The number of carbonyl (C=O) groups excluding carboxylic acids is 1. The van der Waals surface area contributed by atoms with Crippen LogP contribution in [0.1, 0.15) is 20.8 Å². The topological polar surface area (TPSA) is 77.8 Å². The van der Waals surface area contributed by atoms with Crippen LogP contribution in [0.2, 0.25) is 0 Å². The minimum atomic E-state index is -0.665. The number of esters is 1. The van der Waals surface area contributed by atoms with Gasteiger partial charge < -0.3 is 19.1 Å². The number of pyridine rings is 1. The van der Waals surface area contributed by atoms with Crippen molar-refractivity contribution in [2.75, 3.05) is 0 Å². The molecule has 0 aliphatic carbocycles. The summed E-state index contributed by atoms with van der Waals surface area (Å²) in [5.74, 6) is -0.789. The highest BCUT2D eigenvalue weighted by atomic mass is 16.5. The van der Waals surface area contributed by atoms with Gasteiger partial charge in [-0.3, -0.25) is 9.59 Å². The Morgan fingerprint density at radius 1 is 1.33 bits per heavy atom. The Morgan fingerprint density at radius 3 is 2.57 bits per heavy atom. The smallest absolute Gasteiger partial charge is 0.308 e. The molecule has 0 unspecified atom stereocenters. The van der Waals surface area contributed by atoms with Gasteiger partial charge in [0.05, 0.1) is 11.6 Å². The van der Waals surface area contributed by atoms with E-state index < -0.39 is 11.5 Å². The van der Waals surface area contributed by atoms with Gasteiger partial charge in [0.1, 0.15) is 5.75 Å². The second kappa shape index (κ2) is 5.47. The summed E-state index contributed by atoms with van der Waals surface area (Å²) in [6, 6.07) is 4.97. The predicted molar refractivity (Wildman–Crippen MR) is 77.9 cm³/mol. The van der Waals surface area contributed by atoms with E-state index in [0.29, 0.717) is 16.7 Å². The molecule has 0 saturated heterocycles. The first-order chi connectivity index (χ1) is 9.81. The fraction of sp³-hybridized carbons (Fsp3) is 0.333. The van der Waals surface area contributed by atoms with E-state index >= 15 is 0 Å². The highest BCUT2D eigenvalue weighted by molar-refractivity contribution is 5.89. The van der Waals surface area contributed by atoms with Crippen molar-refractivity contribution in [3.8, 4) is 17.2 Å². The average molecular weight is 291 g/mol. The van der Waals surface area contributed by atoms with Crippen LogP contribution in [-0.4, -0.2) is 21.7 Å². The number of carbonyl (C=O) groups is 1. The molecular formula is C15H17NO5. The van der Waals surface area contributed by atoms with Crippen LogP contribution in [-0.2, 0) is 11.8 Å². The maximum Gasteiger partial charge on any atom is 0.308 e. The van der Waals surface area contributed by atoms with Crippen LogP contribution >= 0.6 is 0 Å². The maximum absolute atomic E-state index is 12.2. The van der Waals surface area contributed by atoms with E-state index in [1.807, 2.05) is 13.8 Å². The van der Waals surface area contributed by atoms with E-state index in [9.17, 15) is 14.7 Å². The number of fused-ring (bicyclic) bond motifs is 1. The second-order valence-electron chi connectivity index (χ2n) is 4.98. The van der Waals surface area contributed by atoms with Gasteiger partial charge >= 0.3 is 5.97 Å². The number of benzene rings is 1. The van der Waals surface area contributed by atoms with Crippen molar-refractivity contribution in [2.45, 2.75) is 26.9 Å². The van der Waals surface area contributed by atoms with Crippen LogP contribution in [0.5, 0.6) is 17.2 Å². The first-order valence-electron chi connectivity index (χ1n) is 6.52. The van der Waals surface area contributed by atoms with Gasteiger partial charge in [0.25, 0.3) is 5.56 Å². The number of hydrogen-bond acceptors (Lipinski definition) is 5. The fourth-order valence-electron chi connectivity index (χ4n) is 2.06. The molecule has 1 aromatic carbocycles. The zero-order valence-corrected chi connectivity index (χ0v) is 12.3. The largest absolute Gasteiger partial charge is 0.504 e. The van der Waals surface area contributed by atoms with Gasteiger partial charge in [-0.2, -0.15) is 0 Å². The Kier molecular flexibility index (Phi) is 3.88. The molecule has 0 fully saturated rings. The lowest BCUT2D eigenvalue weighted by atomic mass is 10.1. The molecule has 1 N–H and O–H groups in total. The summed E-state index contributed by atoms with van der Waals surface area (Å²) in [7, 11) is 1.54. The molecule has 2 aromatic rings. The van der Waals surface area contributed by atoms with E-state index in [-0.39, 0.29) is 17.6 Å². The van der Waals surface area contributed by atoms with E-state index in [4.69, 9.17) is 9.47 Å². The van der Waals surface area contributed by atoms with Gasteiger partial charge in [0.2, 0.25) is 5.75 Å². The number of rotatable bonds is 3. The van der Waals surface area contributed by atoms with Crippen molar-refractivity contribution < 1.29 is 19.4 Å². The van der Waals surface area contributed by atoms with Crippen molar-refractivity contribution >= 4 is 16.9 Å². The lowest BCUT2D eigenvalue weighted by molar-refractivity contribution is -0.132. The highest BCUT2D eigenvalue weighted by Gasteiger charge is 2.18. The molecule has 2 rings (SSSR count). The Labute approximate surface area is 121 Å². The van der Waals surface area contributed by atoms with Crippen molar-refractivity contribution in [3.63, 3.8) is 0 Å². The summed E-state index contributed by atoms with van der Waals surface area (Å²) >= 11 is 0. The van der Waals surface area contributed by atoms with Crippen molar-refractivity contribution in [1.29, 1.82) is 0 Å². The number of aromatic hydroxyl groups is 1. The standard InChI is InChI=1S/C15H17NO5/c1-8(2)20-10-5-6-11-12(7-10)16(4)15(19)14(13(11)18)21-9(3)17/h5-8,18H,1-4H3. The van der Waals surface area contributed by atoms with Gasteiger partial charge in [0.15, 0.2) is 5.75 Å². The molecule has 6 nitrogen and oxygen atoms in total. The summed E-state index contributed by atoms with van der Waals surface area (Å²) in [4.78, 5) is 23.2. The van der Waals surface area contributed by atoms with Gasteiger partial charge in [0, 0.05) is 25.4 Å². The van der Waals surface area contributed by atoms with Crippen molar-refractivity contribution in [3.05, 3.63) is 28.6 Å². The van der Waals surface area contributed by atoms with Crippen molar-refractivity contribution in [2.24, 2.45) is 7.05 Å². The van der Waals surface area contributed by atoms with Crippen LogP contribution in [0.15, 0.2) is 23.0 Å². The van der Waals surface area contributed by atoms with Crippen molar-refractivity contribution in [1.82, 2.24) is 4.57 Å². The lowest BCUT2D eigenvalue weighted by Gasteiger charge is -2.14. The minimum Gasteiger partial charge on any atom is -0.504 e. The molecule has 0 amide bonds. The molecule has 0 atom stereocenters. The molecule has 0 aliphatic heterocycles. The normalized spacial score (nSPS) is 10.9. The van der Waals surface area contributed by atoms with Crippen LogP contribution in [0.3, 0.4) is 0 Å². The van der Waals surface area contributed by atoms with Gasteiger partial charge in [-0.15, -0.1) is 0 Å². The minimum absolute atomic E-state index is 0.00612. The number of nitrogens with zero attached hydrogens (tertiary/aromatic N) is 1. The number of ether oxygens (including phenoxy) is 2. The third kappa shape index (κ3) is 2.84. The van der Waals surface area contributed by atoms with Crippen LogP contribution in [0.4, 0.5) is 0 Å². The highest BCUT2D eigenvalue weighted by Crippen LogP contribution is 2.33. The predicted octanol–water partition coefficient (Wildman–Crippen LogP) is 1.96. The molecule has 6 heteroatoms. The molecule has 0 bridgehead atoms. The summed E-state index contributed by atoms with van der Waals surface area (Å²) in [5.41, 5.74) is -0.0940. The quantitative estimate of drug-likeness (QED) is 0.875. The zero-order valence-electron chi connectivity index (χ0n) is 12.3. The monoisotopic (exact) mass is 291 g/mol.